The van der Waals surface area contributed by atoms with Crippen molar-refractivity contribution in [3.63, 3.8) is 0 Å². The zero-order valence-electron chi connectivity index (χ0n) is 15.3. The van der Waals surface area contributed by atoms with Gasteiger partial charge < -0.3 is 5.32 Å². The van der Waals surface area contributed by atoms with Gasteiger partial charge in [0.2, 0.25) is 5.91 Å². The molecule has 2 aromatic carbocycles. The number of hydrogen-bond acceptors (Lipinski definition) is 4. The molecule has 152 valence electrons. The average Bonchev–Trinajstić information content (AvgIpc) is 3.16. The Bertz CT molecular complexity index is 1300. The Morgan fingerprint density at radius 2 is 1.80 bits per heavy atom. The van der Waals surface area contributed by atoms with E-state index in [0.717, 1.165) is 12.1 Å². The van der Waals surface area contributed by atoms with E-state index in [4.69, 9.17) is 0 Å². The molecule has 0 aliphatic carbocycles. The van der Waals surface area contributed by atoms with Crippen LogP contribution in [0.4, 0.5) is 18.9 Å². The van der Waals surface area contributed by atoms with E-state index in [2.05, 4.69) is 15.4 Å². The Morgan fingerprint density at radius 1 is 1.03 bits per heavy atom. The average molecular weight is 413 g/mol. The number of hydrogen-bond donors (Lipinski definition) is 1. The number of fused-ring (bicyclic) bond motifs is 1. The lowest BCUT2D eigenvalue weighted by atomic mass is 10.3. The molecule has 30 heavy (non-hydrogen) atoms. The van der Waals surface area contributed by atoms with Crippen molar-refractivity contribution in [3.8, 4) is 5.69 Å². The molecule has 4 rings (SSSR count). The van der Waals surface area contributed by atoms with Crippen LogP contribution in [-0.2, 0) is 11.3 Å². The van der Waals surface area contributed by atoms with E-state index in [-0.39, 0.29) is 24.0 Å². The number of aromatic nitrogens is 4. The highest BCUT2D eigenvalue weighted by atomic mass is 19.2. The lowest BCUT2D eigenvalue weighted by Crippen LogP contribution is -2.23. The summed E-state index contributed by atoms with van der Waals surface area (Å²) in [4.78, 5) is 29.0. The number of nitrogens with zero attached hydrogens (tertiary/aromatic N) is 4. The number of carbonyl (C=O) groups is 1. The molecular formula is C20H14F3N5O2. The molecule has 0 spiro atoms. The second-order valence-corrected chi connectivity index (χ2v) is 6.44. The van der Waals surface area contributed by atoms with Gasteiger partial charge in [0.05, 0.1) is 18.2 Å². The summed E-state index contributed by atoms with van der Waals surface area (Å²) >= 11 is 0. The molecule has 0 fully saturated rings. The Balaban J connectivity index is 1.50. The summed E-state index contributed by atoms with van der Waals surface area (Å²) in [7, 11) is 0. The topological polar surface area (TPSA) is 81.8 Å². The van der Waals surface area contributed by atoms with Crippen LogP contribution in [0.5, 0.6) is 0 Å². The van der Waals surface area contributed by atoms with Gasteiger partial charge >= 0.3 is 0 Å². The van der Waals surface area contributed by atoms with Crippen LogP contribution in [0, 0.1) is 17.5 Å². The molecule has 2 heterocycles. The molecule has 0 radical (unpaired) electrons. The highest BCUT2D eigenvalue weighted by Crippen LogP contribution is 2.15. The first kappa shape index (κ1) is 19.4. The number of anilines is 1. The quantitative estimate of drug-likeness (QED) is 0.545. The molecule has 0 unspecified atom stereocenters. The number of amides is 1. The minimum absolute atomic E-state index is 0.0268. The fourth-order valence-corrected chi connectivity index (χ4v) is 2.90. The van der Waals surface area contributed by atoms with Crippen molar-refractivity contribution in [3.05, 3.63) is 82.8 Å². The van der Waals surface area contributed by atoms with E-state index in [1.807, 2.05) is 0 Å². The Labute approximate surface area is 167 Å². The molecule has 0 saturated carbocycles. The number of rotatable bonds is 5. The second kappa shape index (κ2) is 7.82. The number of nitrogens with one attached hydrogen (secondary N) is 1. The molecule has 0 aliphatic heterocycles. The first-order chi connectivity index (χ1) is 14.4. The van der Waals surface area contributed by atoms with Crippen molar-refractivity contribution in [1.82, 2.24) is 19.3 Å². The molecule has 0 saturated heterocycles. The zero-order chi connectivity index (χ0) is 21.3. The lowest BCUT2D eigenvalue weighted by molar-refractivity contribution is -0.116. The minimum atomic E-state index is -1.07. The van der Waals surface area contributed by atoms with Crippen LogP contribution in [0.3, 0.4) is 0 Å². The van der Waals surface area contributed by atoms with Crippen molar-refractivity contribution >= 4 is 22.6 Å². The molecule has 10 heteroatoms. The Kier molecular flexibility index (Phi) is 5.05. The zero-order valence-corrected chi connectivity index (χ0v) is 15.3. The smallest absolute Gasteiger partial charge is 0.264 e. The molecule has 0 aliphatic rings. The van der Waals surface area contributed by atoms with Gasteiger partial charge in [-0.3, -0.25) is 14.2 Å². The van der Waals surface area contributed by atoms with Crippen molar-refractivity contribution in [2.24, 2.45) is 0 Å². The second-order valence-electron chi connectivity index (χ2n) is 6.44. The Hall–Kier alpha value is -3.95. The third-order valence-electron chi connectivity index (χ3n) is 4.41. The van der Waals surface area contributed by atoms with Gasteiger partial charge in [-0.1, -0.05) is 0 Å². The summed E-state index contributed by atoms with van der Waals surface area (Å²) in [5.74, 6) is -2.96. The minimum Gasteiger partial charge on any atom is -0.326 e. The van der Waals surface area contributed by atoms with Gasteiger partial charge in [-0.25, -0.2) is 22.8 Å². The maximum Gasteiger partial charge on any atom is 0.264 e. The highest BCUT2D eigenvalue weighted by Gasteiger charge is 2.13. The van der Waals surface area contributed by atoms with E-state index >= 15 is 0 Å². The molecule has 7 nitrogen and oxygen atoms in total. The third-order valence-corrected chi connectivity index (χ3v) is 4.41. The number of aryl methyl sites for hydroxylation is 1. The first-order valence-electron chi connectivity index (χ1n) is 8.86. The predicted octanol–water partition coefficient (Wildman–Crippen LogP) is 3.03. The van der Waals surface area contributed by atoms with E-state index in [9.17, 15) is 22.8 Å². The van der Waals surface area contributed by atoms with E-state index in [1.165, 1.54) is 52.1 Å². The Morgan fingerprint density at radius 3 is 2.53 bits per heavy atom. The molecule has 1 N–H and O–H groups in total. The molecular weight excluding hydrogens is 399 g/mol. The van der Waals surface area contributed by atoms with Crippen molar-refractivity contribution in [1.29, 1.82) is 0 Å². The molecule has 0 atom stereocenters. The third kappa shape index (κ3) is 3.79. The van der Waals surface area contributed by atoms with Crippen LogP contribution >= 0.6 is 0 Å². The molecule has 4 aromatic rings. The van der Waals surface area contributed by atoms with Crippen LogP contribution in [0.25, 0.3) is 16.7 Å². The maximum absolute atomic E-state index is 13.2. The predicted molar refractivity (Wildman–Crippen MR) is 103 cm³/mol. The summed E-state index contributed by atoms with van der Waals surface area (Å²) in [5.41, 5.74) is 0.561. The van der Waals surface area contributed by atoms with Crippen molar-refractivity contribution in [2.45, 2.75) is 13.0 Å². The number of carbonyl (C=O) groups excluding carboxylic acids is 1. The van der Waals surface area contributed by atoms with Gasteiger partial charge in [-0.2, -0.15) is 5.10 Å². The van der Waals surface area contributed by atoms with Crippen molar-refractivity contribution in [2.75, 3.05) is 5.32 Å². The fourth-order valence-electron chi connectivity index (χ4n) is 2.90. The molecule has 1 amide bonds. The summed E-state index contributed by atoms with van der Waals surface area (Å²) < 4.78 is 42.0. The monoisotopic (exact) mass is 413 g/mol. The largest absolute Gasteiger partial charge is 0.326 e. The summed E-state index contributed by atoms with van der Waals surface area (Å²) in [6.45, 7) is 0.0268. The number of halogens is 3. The van der Waals surface area contributed by atoms with Crippen LogP contribution < -0.4 is 10.9 Å². The van der Waals surface area contributed by atoms with Gasteiger partial charge in [0.25, 0.3) is 5.56 Å². The van der Waals surface area contributed by atoms with Gasteiger partial charge in [0.1, 0.15) is 11.2 Å². The van der Waals surface area contributed by atoms with Crippen LogP contribution in [0.15, 0.2) is 59.8 Å². The maximum atomic E-state index is 13.2. The highest BCUT2D eigenvalue weighted by molar-refractivity contribution is 5.90. The van der Waals surface area contributed by atoms with Crippen LogP contribution in [0.1, 0.15) is 6.42 Å². The first-order valence-corrected chi connectivity index (χ1v) is 8.86. The van der Waals surface area contributed by atoms with Gasteiger partial charge in [-0.15, -0.1) is 0 Å². The SMILES string of the molecule is O=C(CCn1cnc2c(cnn2-c2ccc(F)cc2)c1=O)Nc1ccc(F)c(F)c1. The van der Waals surface area contributed by atoms with Gasteiger partial charge in [0.15, 0.2) is 17.3 Å². The van der Waals surface area contributed by atoms with Gasteiger partial charge in [0, 0.05) is 24.7 Å². The summed E-state index contributed by atoms with van der Waals surface area (Å²) in [6, 6.07) is 8.59. The lowest BCUT2D eigenvalue weighted by Gasteiger charge is -2.08. The molecule has 2 aromatic heterocycles. The number of benzene rings is 2. The standard InChI is InChI=1S/C20H14F3N5O2/c21-12-1-4-14(5-2-12)28-19-15(10-25-28)20(30)27(11-24-19)8-7-18(29)26-13-3-6-16(22)17(23)9-13/h1-6,9-11H,7-8H2,(H,26,29). The van der Waals surface area contributed by atoms with E-state index in [0.29, 0.717) is 11.3 Å². The van der Waals surface area contributed by atoms with E-state index in [1.54, 1.807) is 0 Å². The molecule has 0 bridgehead atoms. The summed E-state index contributed by atoms with van der Waals surface area (Å²) in [5, 5.41) is 6.81. The van der Waals surface area contributed by atoms with Crippen LogP contribution in [0.2, 0.25) is 0 Å². The fraction of sp³-hybridized carbons (Fsp3) is 0.100. The normalized spacial score (nSPS) is 11.0. The summed E-state index contributed by atoms with van der Waals surface area (Å²) in [6.07, 6.45) is 2.56. The van der Waals surface area contributed by atoms with Gasteiger partial charge in [-0.05, 0) is 36.4 Å². The van der Waals surface area contributed by atoms with E-state index < -0.39 is 28.9 Å². The van der Waals surface area contributed by atoms with Crippen molar-refractivity contribution < 1.29 is 18.0 Å². The van der Waals surface area contributed by atoms with Crippen LogP contribution in [-0.4, -0.2) is 25.2 Å².